The smallest absolute Gasteiger partial charge is 0.323 e. The monoisotopic (exact) mass is 389 g/mol. The molecular weight excluding hydrogens is 370 g/mol. The number of sulfonamides is 1. The van der Waals surface area contributed by atoms with E-state index in [2.05, 4.69) is 10.6 Å². The first-order valence-electron chi connectivity index (χ1n) is 8.36. The summed E-state index contributed by atoms with van der Waals surface area (Å²) >= 11 is 0. The van der Waals surface area contributed by atoms with E-state index in [1.165, 1.54) is 24.3 Å². The molecule has 9 heteroatoms. The number of carboxylic acids is 1. The van der Waals surface area contributed by atoms with Gasteiger partial charge in [0.05, 0.1) is 4.90 Å². The molecule has 1 saturated heterocycles. The Morgan fingerprint density at radius 2 is 1.56 bits per heavy atom. The predicted molar refractivity (Wildman–Crippen MR) is 100 cm³/mol. The van der Waals surface area contributed by atoms with Gasteiger partial charge in [-0.25, -0.2) is 13.2 Å². The number of carbonyl (C=O) groups is 2. The molecule has 2 aromatic rings. The van der Waals surface area contributed by atoms with Crippen LogP contribution in [0.25, 0.3) is 0 Å². The zero-order chi connectivity index (χ0) is 19.4. The lowest BCUT2D eigenvalue weighted by atomic mass is 10.2. The predicted octanol–water partition coefficient (Wildman–Crippen LogP) is 2.57. The molecule has 2 aromatic carbocycles. The minimum atomic E-state index is -3.90. The van der Waals surface area contributed by atoms with Crippen molar-refractivity contribution in [3.05, 3.63) is 54.6 Å². The topological polar surface area (TPSA) is 116 Å². The number of anilines is 2. The SMILES string of the molecule is O=C(Nc1ccccc1)Nc1ccc(S(=O)(=O)N2CCC[C@H]2C(=O)O)cc1. The second-order valence-corrected chi connectivity index (χ2v) is 7.97. The van der Waals surface area contributed by atoms with E-state index in [9.17, 15) is 23.1 Å². The molecule has 0 bridgehead atoms. The van der Waals surface area contributed by atoms with Crippen LogP contribution in [0.4, 0.5) is 16.2 Å². The number of nitrogens with one attached hydrogen (secondary N) is 2. The number of aliphatic carboxylic acids is 1. The van der Waals surface area contributed by atoms with Crippen molar-refractivity contribution in [3.8, 4) is 0 Å². The van der Waals surface area contributed by atoms with Crippen LogP contribution in [-0.4, -0.2) is 42.4 Å². The Morgan fingerprint density at radius 1 is 0.963 bits per heavy atom. The molecule has 1 atom stereocenters. The Morgan fingerprint density at radius 3 is 2.15 bits per heavy atom. The summed E-state index contributed by atoms with van der Waals surface area (Å²) in [4.78, 5) is 23.2. The number of carbonyl (C=O) groups excluding carboxylic acids is 1. The number of urea groups is 1. The molecule has 0 unspecified atom stereocenters. The molecule has 0 aliphatic carbocycles. The minimum absolute atomic E-state index is 0.00957. The van der Waals surface area contributed by atoms with E-state index < -0.39 is 28.1 Å². The Balaban J connectivity index is 1.69. The Kier molecular flexibility index (Phi) is 5.43. The van der Waals surface area contributed by atoms with E-state index >= 15 is 0 Å². The third-order valence-corrected chi connectivity index (χ3v) is 6.16. The van der Waals surface area contributed by atoms with Gasteiger partial charge in [-0.3, -0.25) is 4.79 Å². The molecule has 3 rings (SSSR count). The standard InChI is InChI=1S/C18H19N3O5S/c22-17(23)16-7-4-12-21(16)27(25,26)15-10-8-14(9-11-15)20-18(24)19-13-5-2-1-3-6-13/h1-3,5-6,8-11,16H,4,7,12H2,(H,22,23)(H2,19,20,24)/t16-/m0/s1. The summed E-state index contributed by atoms with van der Waals surface area (Å²) in [7, 11) is -3.90. The Bertz CT molecular complexity index is 929. The number of hydrogen-bond acceptors (Lipinski definition) is 4. The van der Waals surface area contributed by atoms with E-state index in [1.54, 1.807) is 24.3 Å². The van der Waals surface area contributed by atoms with Gasteiger partial charge in [0.2, 0.25) is 10.0 Å². The summed E-state index contributed by atoms with van der Waals surface area (Å²) < 4.78 is 26.4. The molecule has 8 nitrogen and oxygen atoms in total. The lowest BCUT2D eigenvalue weighted by Crippen LogP contribution is -2.40. The third-order valence-electron chi connectivity index (χ3n) is 4.24. The average Bonchev–Trinajstić information content (AvgIpc) is 3.14. The molecule has 142 valence electrons. The lowest BCUT2D eigenvalue weighted by Gasteiger charge is -2.21. The van der Waals surface area contributed by atoms with Crippen LogP contribution in [0, 0.1) is 0 Å². The normalized spacial score (nSPS) is 17.4. The second-order valence-electron chi connectivity index (χ2n) is 6.08. The first-order chi connectivity index (χ1) is 12.9. The summed E-state index contributed by atoms with van der Waals surface area (Å²) in [6.07, 6.45) is 0.809. The van der Waals surface area contributed by atoms with Crippen molar-refractivity contribution in [2.75, 3.05) is 17.2 Å². The molecule has 1 aliphatic rings. The summed E-state index contributed by atoms with van der Waals surface area (Å²) in [5.74, 6) is -1.15. The summed E-state index contributed by atoms with van der Waals surface area (Å²) in [5.41, 5.74) is 1.04. The van der Waals surface area contributed by atoms with Crippen LogP contribution in [0.3, 0.4) is 0 Å². The average molecular weight is 389 g/mol. The number of para-hydroxylation sites is 1. The quantitative estimate of drug-likeness (QED) is 0.727. The third kappa shape index (κ3) is 4.26. The van der Waals surface area contributed by atoms with E-state index in [4.69, 9.17) is 0 Å². The molecule has 1 fully saturated rings. The molecule has 2 amide bonds. The van der Waals surface area contributed by atoms with Gasteiger partial charge in [-0.1, -0.05) is 18.2 Å². The molecule has 0 saturated carbocycles. The molecule has 1 aliphatic heterocycles. The fourth-order valence-electron chi connectivity index (χ4n) is 2.94. The number of hydrogen-bond donors (Lipinski definition) is 3. The summed E-state index contributed by atoms with van der Waals surface area (Å²) in [5, 5.41) is 14.5. The molecule has 1 heterocycles. The van der Waals surface area contributed by atoms with Crippen LogP contribution in [-0.2, 0) is 14.8 Å². The van der Waals surface area contributed by atoms with Crippen LogP contribution in [0.15, 0.2) is 59.5 Å². The molecule has 3 N–H and O–H groups in total. The first kappa shape index (κ1) is 18.9. The van der Waals surface area contributed by atoms with E-state index in [0.717, 1.165) is 4.31 Å². The maximum atomic E-state index is 12.7. The fourth-order valence-corrected chi connectivity index (χ4v) is 4.59. The van der Waals surface area contributed by atoms with Crippen molar-refractivity contribution in [2.24, 2.45) is 0 Å². The zero-order valence-corrected chi connectivity index (χ0v) is 15.1. The highest BCUT2D eigenvalue weighted by Gasteiger charge is 2.39. The second kappa shape index (κ2) is 7.77. The van der Waals surface area contributed by atoms with Crippen LogP contribution in [0.5, 0.6) is 0 Å². The van der Waals surface area contributed by atoms with Crippen LogP contribution in [0.2, 0.25) is 0 Å². The van der Waals surface area contributed by atoms with Gasteiger partial charge in [-0.15, -0.1) is 0 Å². The highest BCUT2D eigenvalue weighted by molar-refractivity contribution is 7.89. The van der Waals surface area contributed by atoms with Gasteiger partial charge in [0.25, 0.3) is 0 Å². The van der Waals surface area contributed by atoms with Crippen molar-refractivity contribution in [3.63, 3.8) is 0 Å². The number of amides is 2. The molecule has 0 spiro atoms. The zero-order valence-electron chi connectivity index (χ0n) is 14.3. The number of nitrogens with zero attached hydrogens (tertiary/aromatic N) is 1. The first-order valence-corrected chi connectivity index (χ1v) is 9.80. The van der Waals surface area contributed by atoms with E-state index in [-0.39, 0.29) is 11.4 Å². The number of rotatable bonds is 5. The molecule has 0 radical (unpaired) electrons. The van der Waals surface area contributed by atoms with Crippen molar-refractivity contribution < 1.29 is 23.1 Å². The Hall–Kier alpha value is -2.91. The van der Waals surface area contributed by atoms with Gasteiger partial charge in [0, 0.05) is 17.9 Å². The van der Waals surface area contributed by atoms with E-state index in [0.29, 0.717) is 24.2 Å². The van der Waals surface area contributed by atoms with Gasteiger partial charge in [0.15, 0.2) is 0 Å². The van der Waals surface area contributed by atoms with Crippen LogP contribution >= 0.6 is 0 Å². The summed E-state index contributed by atoms with van der Waals surface area (Å²) in [6, 6.07) is 13.0. The van der Waals surface area contributed by atoms with Gasteiger partial charge in [0.1, 0.15) is 6.04 Å². The van der Waals surface area contributed by atoms with Gasteiger partial charge >= 0.3 is 12.0 Å². The Labute approximate surface area is 156 Å². The highest BCUT2D eigenvalue weighted by atomic mass is 32.2. The molecule has 0 aromatic heterocycles. The number of benzene rings is 2. The molecular formula is C18H19N3O5S. The minimum Gasteiger partial charge on any atom is -0.480 e. The van der Waals surface area contributed by atoms with Crippen LogP contribution < -0.4 is 10.6 Å². The lowest BCUT2D eigenvalue weighted by molar-refractivity contribution is -0.140. The van der Waals surface area contributed by atoms with Crippen molar-refractivity contribution in [1.29, 1.82) is 0 Å². The van der Waals surface area contributed by atoms with E-state index in [1.807, 2.05) is 6.07 Å². The van der Waals surface area contributed by atoms with Gasteiger partial charge in [-0.2, -0.15) is 4.31 Å². The van der Waals surface area contributed by atoms with Crippen molar-refractivity contribution >= 4 is 33.4 Å². The van der Waals surface area contributed by atoms with Gasteiger partial charge < -0.3 is 15.7 Å². The van der Waals surface area contributed by atoms with Gasteiger partial charge in [-0.05, 0) is 49.2 Å². The largest absolute Gasteiger partial charge is 0.480 e. The van der Waals surface area contributed by atoms with Crippen molar-refractivity contribution in [2.45, 2.75) is 23.8 Å². The fraction of sp³-hybridized carbons (Fsp3) is 0.222. The van der Waals surface area contributed by atoms with Crippen molar-refractivity contribution in [1.82, 2.24) is 4.31 Å². The maximum absolute atomic E-state index is 12.7. The summed E-state index contributed by atoms with van der Waals surface area (Å²) in [6.45, 7) is 0.179. The van der Waals surface area contributed by atoms with Crippen LogP contribution in [0.1, 0.15) is 12.8 Å². The number of carboxylic acid groups (broad SMARTS) is 1. The highest BCUT2D eigenvalue weighted by Crippen LogP contribution is 2.27. The molecule has 27 heavy (non-hydrogen) atoms. The maximum Gasteiger partial charge on any atom is 0.323 e.